The molecule has 0 heterocycles. The number of hydrogen-bond donors (Lipinski definition) is 1. The second-order valence-corrected chi connectivity index (χ2v) is 4.76. The average molecular weight is 185 g/mol. The van der Waals surface area contributed by atoms with Crippen molar-refractivity contribution in [3.63, 3.8) is 0 Å². The molecule has 0 amide bonds. The van der Waals surface area contributed by atoms with Crippen LogP contribution in [-0.4, -0.2) is 17.9 Å². The Labute approximate surface area is 82.1 Å². The van der Waals surface area contributed by atoms with Crippen molar-refractivity contribution in [2.45, 2.75) is 53.0 Å². The van der Waals surface area contributed by atoms with E-state index in [4.69, 9.17) is 0 Å². The van der Waals surface area contributed by atoms with E-state index in [1.807, 2.05) is 6.92 Å². The molecule has 0 radical (unpaired) electrons. The molecule has 0 spiro atoms. The molecule has 1 atom stereocenters. The van der Waals surface area contributed by atoms with Gasteiger partial charge in [0.1, 0.15) is 5.78 Å². The van der Waals surface area contributed by atoms with Gasteiger partial charge in [-0.15, -0.1) is 0 Å². The van der Waals surface area contributed by atoms with Gasteiger partial charge in [0, 0.05) is 11.5 Å². The van der Waals surface area contributed by atoms with Gasteiger partial charge in [0.15, 0.2) is 0 Å². The fourth-order valence-corrected chi connectivity index (χ4v) is 1.12. The van der Waals surface area contributed by atoms with Crippen LogP contribution in [0.25, 0.3) is 0 Å². The van der Waals surface area contributed by atoms with Gasteiger partial charge in [-0.3, -0.25) is 4.79 Å². The van der Waals surface area contributed by atoms with Crippen LogP contribution in [-0.2, 0) is 4.79 Å². The molecular formula is C11H23NO. The van der Waals surface area contributed by atoms with E-state index in [1.165, 1.54) is 0 Å². The Morgan fingerprint density at radius 1 is 1.38 bits per heavy atom. The van der Waals surface area contributed by atoms with E-state index >= 15 is 0 Å². The minimum Gasteiger partial charge on any atom is -0.305 e. The Hall–Kier alpha value is -0.370. The van der Waals surface area contributed by atoms with Gasteiger partial charge in [0.05, 0.1) is 6.54 Å². The lowest BCUT2D eigenvalue weighted by atomic mass is 10.00. The lowest BCUT2D eigenvalue weighted by Gasteiger charge is -2.21. The van der Waals surface area contributed by atoms with Crippen LogP contribution in [0, 0.1) is 5.92 Å². The minimum absolute atomic E-state index is 0.0432. The maximum absolute atomic E-state index is 11.5. The van der Waals surface area contributed by atoms with Crippen molar-refractivity contribution in [2.75, 3.05) is 6.54 Å². The van der Waals surface area contributed by atoms with Crippen molar-refractivity contribution >= 4 is 5.78 Å². The highest BCUT2D eigenvalue weighted by molar-refractivity contribution is 5.82. The normalized spacial score (nSPS) is 14.2. The molecule has 0 fully saturated rings. The van der Waals surface area contributed by atoms with E-state index in [0.29, 0.717) is 12.3 Å². The van der Waals surface area contributed by atoms with Gasteiger partial charge in [-0.2, -0.15) is 0 Å². The van der Waals surface area contributed by atoms with Crippen LogP contribution in [0.5, 0.6) is 0 Å². The standard InChI is InChI=1S/C11H23NO/c1-6-7-9(2)10(13)8-12-11(3,4)5/h9,12H,6-8H2,1-5H3. The van der Waals surface area contributed by atoms with E-state index in [9.17, 15) is 4.79 Å². The molecule has 78 valence electrons. The van der Waals surface area contributed by atoms with Crippen molar-refractivity contribution in [1.82, 2.24) is 5.32 Å². The predicted molar refractivity (Wildman–Crippen MR) is 56.8 cm³/mol. The van der Waals surface area contributed by atoms with Crippen molar-refractivity contribution in [3.05, 3.63) is 0 Å². The van der Waals surface area contributed by atoms with E-state index < -0.39 is 0 Å². The van der Waals surface area contributed by atoms with Crippen LogP contribution in [0.2, 0.25) is 0 Å². The van der Waals surface area contributed by atoms with Crippen molar-refractivity contribution in [3.8, 4) is 0 Å². The second-order valence-electron chi connectivity index (χ2n) is 4.76. The predicted octanol–water partition coefficient (Wildman–Crippen LogP) is 2.38. The Balaban J connectivity index is 3.74. The van der Waals surface area contributed by atoms with Gasteiger partial charge < -0.3 is 5.32 Å². The molecule has 0 aromatic rings. The monoisotopic (exact) mass is 185 g/mol. The number of carbonyl (C=O) groups excluding carboxylic acids is 1. The fraction of sp³-hybridized carbons (Fsp3) is 0.909. The number of Topliss-reactive ketones (excluding diaryl/α,β-unsaturated/α-hetero) is 1. The molecular weight excluding hydrogens is 162 g/mol. The van der Waals surface area contributed by atoms with Crippen molar-refractivity contribution in [1.29, 1.82) is 0 Å². The van der Waals surface area contributed by atoms with Gasteiger partial charge in [-0.05, 0) is 27.2 Å². The summed E-state index contributed by atoms with van der Waals surface area (Å²) in [5.41, 5.74) is 0.0432. The first-order valence-corrected chi connectivity index (χ1v) is 5.14. The third kappa shape index (κ3) is 6.76. The van der Waals surface area contributed by atoms with E-state index in [2.05, 4.69) is 33.0 Å². The van der Waals surface area contributed by atoms with Crippen LogP contribution >= 0.6 is 0 Å². The van der Waals surface area contributed by atoms with Crippen LogP contribution in [0.15, 0.2) is 0 Å². The summed E-state index contributed by atoms with van der Waals surface area (Å²) in [6, 6.07) is 0. The highest BCUT2D eigenvalue weighted by atomic mass is 16.1. The summed E-state index contributed by atoms with van der Waals surface area (Å²) >= 11 is 0. The summed E-state index contributed by atoms with van der Waals surface area (Å²) in [4.78, 5) is 11.5. The molecule has 0 saturated heterocycles. The van der Waals surface area contributed by atoms with Gasteiger partial charge >= 0.3 is 0 Å². The topological polar surface area (TPSA) is 29.1 Å². The molecule has 2 nitrogen and oxygen atoms in total. The Kier molecular flexibility index (Phi) is 5.23. The molecule has 0 aliphatic rings. The quantitative estimate of drug-likeness (QED) is 0.712. The smallest absolute Gasteiger partial charge is 0.149 e. The van der Waals surface area contributed by atoms with E-state index in [0.717, 1.165) is 12.8 Å². The zero-order chi connectivity index (χ0) is 10.5. The molecule has 1 unspecified atom stereocenters. The van der Waals surface area contributed by atoms with Crippen LogP contribution in [0.3, 0.4) is 0 Å². The summed E-state index contributed by atoms with van der Waals surface area (Å²) in [5, 5.41) is 3.21. The van der Waals surface area contributed by atoms with Crippen molar-refractivity contribution < 1.29 is 4.79 Å². The summed E-state index contributed by atoms with van der Waals surface area (Å²) in [5.74, 6) is 0.539. The number of carbonyl (C=O) groups is 1. The van der Waals surface area contributed by atoms with Crippen LogP contribution < -0.4 is 5.32 Å². The SMILES string of the molecule is CCCC(C)C(=O)CNC(C)(C)C. The minimum atomic E-state index is 0.0432. The number of hydrogen-bond acceptors (Lipinski definition) is 2. The molecule has 0 aliphatic heterocycles. The lowest BCUT2D eigenvalue weighted by molar-refractivity contribution is -0.122. The zero-order valence-electron chi connectivity index (χ0n) is 9.61. The maximum atomic E-state index is 11.5. The Bertz CT molecular complexity index is 158. The first-order valence-electron chi connectivity index (χ1n) is 5.14. The summed E-state index contributed by atoms with van der Waals surface area (Å²) < 4.78 is 0. The number of ketones is 1. The first-order chi connectivity index (χ1) is 5.87. The molecule has 1 N–H and O–H groups in total. The molecule has 13 heavy (non-hydrogen) atoms. The molecule has 0 rings (SSSR count). The zero-order valence-corrected chi connectivity index (χ0v) is 9.61. The highest BCUT2D eigenvalue weighted by Gasteiger charge is 2.15. The Morgan fingerprint density at radius 2 is 1.92 bits per heavy atom. The van der Waals surface area contributed by atoms with E-state index in [1.54, 1.807) is 0 Å². The molecule has 0 bridgehead atoms. The third-order valence-electron chi connectivity index (χ3n) is 2.06. The van der Waals surface area contributed by atoms with Crippen LogP contribution in [0.1, 0.15) is 47.5 Å². The first kappa shape index (κ1) is 12.6. The largest absolute Gasteiger partial charge is 0.305 e. The van der Waals surface area contributed by atoms with E-state index in [-0.39, 0.29) is 11.5 Å². The lowest BCUT2D eigenvalue weighted by Crippen LogP contribution is -2.40. The maximum Gasteiger partial charge on any atom is 0.149 e. The number of rotatable bonds is 5. The Morgan fingerprint density at radius 3 is 2.31 bits per heavy atom. The number of nitrogens with one attached hydrogen (secondary N) is 1. The van der Waals surface area contributed by atoms with Gasteiger partial charge in [-0.25, -0.2) is 0 Å². The average Bonchev–Trinajstić information content (AvgIpc) is 1.99. The highest BCUT2D eigenvalue weighted by Crippen LogP contribution is 2.06. The molecule has 0 saturated carbocycles. The fourth-order valence-electron chi connectivity index (χ4n) is 1.12. The van der Waals surface area contributed by atoms with Gasteiger partial charge in [0.25, 0.3) is 0 Å². The summed E-state index contributed by atoms with van der Waals surface area (Å²) in [7, 11) is 0. The summed E-state index contributed by atoms with van der Waals surface area (Å²) in [6.45, 7) is 10.8. The molecule has 2 heteroatoms. The second kappa shape index (κ2) is 5.38. The van der Waals surface area contributed by atoms with Crippen molar-refractivity contribution in [2.24, 2.45) is 5.92 Å². The van der Waals surface area contributed by atoms with Gasteiger partial charge in [0.2, 0.25) is 0 Å². The molecule has 0 aromatic carbocycles. The van der Waals surface area contributed by atoms with Gasteiger partial charge in [-0.1, -0.05) is 20.3 Å². The third-order valence-corrected chi connectivity index (χ3v) is 2.06. The summed E-state index contributed by atoms with van der Waals surface area (Å²) in [6.07, 6.45) is 2.09. The molecule has 0 aromatic heterocycles. The molecule has 0 aliphatic carbocycles. The van der Waals surface area contributed by atoms with Crippen LogP contribution in [0.4, 0.5) is 0 Å².